The molecule has 3 aromatic rings. The van der Waals surface area contributed by atoms with Gasteiger partial charge in [0.15, 0.2) is 5.82 Å². The summed E-state index contributed by atoms with van der Waals surface area (Å²) >= 11 is 1.59. The van der Waals surface area contributed by atoms with Gasteiger partial charge < -0.3 is 9.80 Å². The van der Waals surface area contributed by atoms with Gasteiger partial charge in [-0.25, -0.2) is 15.0 Å². The van der Waals surface area contributed by atoms with E-state index >= 15 is 0 Å². The monoisotopic (exact) mass is 433 g/mol. The van der Waals surface area contributed by atoms with Crippen LogP contribution in [0.2, 0.25) is 0 Å². The molecule has 1 atom stereocenters. The highest BCUT2D eigenvalue weighted by molar-refractivity contribution is 7.09. The lowest BCUT2D eigenvalue weighted by Crippen LogP contribution is -2.44. The van der Waals surface area contributed by atoms with Gasteiger partial charge in [0.25, 0.3) is 0 Å². The van der Waals surface area contributed by atoms with E-state index in [4.69, 9.17) is 9.97 Å². The molecule has 0 spiro atoms. The van der Waals surface area contributed by atoms with Crippen molar-refractivity contribution in [3.8, 4) is 11.4 Å². The Kier molecular flexibility index (Phi) is 5.68. The summed E-state index contributed by atoms with van der Waals surface area (Å²) in [4.78, 5) is 31.6. The molecule has 0 unspecified atom stereocenters. The molecular formula is C24H27N5OS. The molecule has 0 N–H and O–H groups in total. The molecule has 7 heteroatoms. The van der Waals surface area contributed by atoms with Crippen LogP contribution in [-0.4, -0.2) is 45.9 Å². The van der Waals surface area contributed by atoms with E-state index in [9.17, 15) is 4.79 Å². The number of carbonyl (C=O) groups excluding carboxylic acids is 1. The van der Waals surface area contributed by atoms with Gasteiger partial charge in [-0.2, -0.15) is 0 Å². The van der Waals surface area contributed by atoms with Gasteiger partial charge in [0, 0.05) is 48.5 Å². The van der Waals surface area contributed by atoms with Crippen LogP contribution in [-0.2, 0) is 24.2 Å². The third-order valence-electron chi connectivity index (χ3n) is 6.25. The molecule has 3 heterocycles. The maximum atomic E-state index is 13.2. The summed E-state index contributed by atoms with van der Waals surface area (Å²) in [7, 11) is 1.89. The number of amides is 1. The molecule has 5 rings (SSSR count). The van der Waals surface area contributed by atoms with Crippen LogP contribution >= 0.6 is 11.3 Å². The minimum atomic E-state index is -0.00842. The van der Waals surface area contributed by atoms with Gasteiger partial charge >= 0.3 is 0 Å². The minimum absolute atomic E-state index is 0.00842. The third kappa shape index (κ3) is 4.19. The Hall–Kier alpha value is -2.80. The number of rotatable bonds is 5. The molecule has 1 saturated heterocycles. The van der Waals surface area contributed by atoms with Crippen molar-refractivity contribution in [3.63, 3.8) is 0 Å². The Bertz CT molecular complexity index is 1050. The van der Waals surface area contributed by atoms with Crippen molar-refractivity contribution in [1.29, 1.82) is 0 Å². The first-order valence-electron chi connectivity index (χ1n) is 11.0. The van der Waals surface area contributed by atoms with E-state index in [1.807, 2.05) is 35.5 Å². The zero-order chi connectivity index (χ0) is 21.2. The van der Waals surface area contributed by atoms with Gasteiger partial charge in [0.05, 0.1) is 12.5 Å². The van der Waals surface area contributed by atoms with Gasteiger partial charge in [0.1, 0.15) is 10.8 Å². The first kappa shape index (κ1) is 20.1. The Morgan fingerprint density at radius 3 is 2.87 bits per heavy atom. The molecule has 1 aliphatic carbocycles. The number of carbonyl (C=O) groups is 1. The number of aryl methyl sites for hydroxylation is 1. The largest absolute Gasteiger partial charge is 0.355 e. The number of fused-ring (bicyclic) bond motifs is 1. The van der Waals surface area contributed by atoms with Crippen LogP contribution in [0.5, 0.6) is 0 Å². The van der Waals surface area contributed by atoms with Crippen LogP contribution < -0.4 is 4.90 Å². The second kappa shape index (κ2) is 8.75. The summed E-state index contributed by atoms with van der Waals surface area (Å²) in [5, 5.41) is 2.93. The number of anilines is 1. The van der Waals surface area contributed by atoms with E-state index in [1.54, 1.807) is 17.5 Å². The number of hydrogen-bond donors (Lipinski definition) is 0. The molecule has 160 valence electrons. The Morgan fingerprint density at radius 1 is 1.19 bits per heavy atom. The summed E-state index contributed by atoms with van der Waals surface area (Å²) in [6.45, 7) is 2.24. The van der Waals surface area contributed by atoms with Crippen molar-refractivity contribution in [2.75, 3.05) is 25.0 Å². The second-order valence-corrected chi connectivity index (χ2v) is 9.40. The number of nitrogens with zero attached hydrogens (tertiary/aromatic N) is 5. The van der Waals surface area contributed by atoms with Gasteiger partial charge in [0.2, 0.25) is 5.91 Å². The summed E-state index contributed by atoms with van der Waals surface area (Å²) in [6, 6.07) is 10.2. The normalized spacial score (nSPS) is 18.1. The van der Waals surface area contributed by atoms with Gasteiger partial charge in [-0.1, -0.05) is 30.3 Å². The van der Waals surface area contributed by atoms with Crippen LogP contribution in [0.1, 0.15) is 35.5 Å². The summed E-state index contributed by atoms with van der Waals surface area (Å²) < 4.78 is 0. The predicted octanol–water partition coefficient (Wildman–Crippen LogP) is 3.96. The van der Waals surface area contributed by atoms with E-state index in [-0.39, 0.29) is 11.8 Å². The van der Waals surface area contributed by atoms with Crippen molar-refractivity contribution in [1.82, 2.24) is 19.9 Å². The number of thiazole rings is 1. The van der Waals surface area contributed by atoms with Crippen LogP contribution in [0, 0.1) is 5.92 Å². The summed E-state index contributed by atoms with van der Waals surface area (Å²) in [5.41, 5.74) is 3.51. The first-order valence-corrected chi connectivity index (χ1v) is 11.9. The van der Waals surface area contributed by atoms with Crippen LogP contribution in [0.25, 0.3) is 11.4 Å². The Balaban J connectivity index is 1.39. The van der Waals surface area contributed by atoms with Crippen molar-refractivity contribution < 1.29 is 4.79 Å². The van der Waals surface area contributed by atoms with E-state index in [1.165, 1.54) is 11.3 Å². The van der Waals surface area contributed by atoms with E-state index in [0.717, 1.165) is 67.4 Å². The van der Waals surface area contributed by atoms with Crippen molar-refractivity contribution in [3.05, 3.63) is 58.2 Å². The number of aromatic nitrogens is 3. The molecule has 6 nitrogen and oxygen atoms in total. The lowest BCUT2D eigenvalue weighted by molar-refractivity contribution is -0.135. The first-order chi connectivity index (χ1) is 15.2. The fraction of sp³-hybridized carbons (Fsp3) is 0.417. The van der Waals surface area contributed by atoms with Crippen molar-refractivity contribution >= 4 is 23.1 Å². The van der Waals surface area contributed by atoms with Crippen molar-refractivity contribution in [2.24, 2.45) is 5.92 Å². The molecule has 2 aliphatic rings. The highest BCUT2D eigenvalue weighted by Gasteiger charge is 2.31. The van der Waals surface area contributed by atoms with Crippen LogP contribution in [0.15, 0.2) is 41.9 Å². The maximum Gasteiger partial charge on any atom is 0.227 e. The Morgan fingerprint density at radius 2 is 2.06 bits per heavy atom. The molecular weight excluding hydrogens is 406 g/mol. The highest BCUT2D eigenvalue weighted by Crippen LogP contribution is 2.34. The lowest BCUT2D eigenvalue weighted by Gasteiger charge is -2.35. The fourth-order valence-corrected chi connectivity index (χ4v) is 5.35. The number of benzene rings is 1. The minimum Gasteiger partial charge on any atom is -0.355 e. The average Bonchev–Trinajstić information content (AvgIpc) is 3.50. The third-order valence-corrected chi connectivity index (χ3v) is 7.01. The van der Waals surface area contributed by atoms with Gasteiger partial charge in [-0.3, -0.25) is 4.79 Å². The molecule has 1 amide bonds. The molecule has 2 aromatic heterocycles. The molecule has 0 radical (unpaired) electrons. The highest BCUT2D eigenvalue weighted by atomic mass is 32.1. The van der Waals surface area contributed by atoms with E-state index in [2.05, 4.69) is 22.0 Å². The quantitative estimate of drug-likeness (QED) is 0.609. The predicted molar refractivity (Wildman–Crippen MR) is 123 cm³/mol. The molecule has 31 heavy (non-hydrogen) atoms. The molecule has 1 aliphatic heterocycles. The second-order valence-electron chi connectivity index (χ2n) is 8.42. The Labute approximate surface area is 187 Å². The number of hydrogen-bond acceptors (Lipinski definition) is 6. The van der Waals surface area contributed by atoms with Gasteiger partial charge in [-0.15, -0.1) is 11.3 Å². The van der Waals surface area contributed by atoms with Gasteiger partial charge in [-0.05, 0) is 32.1 Å². The standard InChI is InChI=1S/C24H27N5OS/c1-28(16-21-25-12-14-31-21)24(30)18-9-6-13-29(15-18)23-19-10-5-11-20(19)26-22(27-23)17-7-3-2-4-8-17/h2-4,7-8,12,14,18H,5-6,9-11,13,15-16H2,1H3/t18-/m1/s1. The zero-order valence-corrected chi connectivity index (χ0v) is 18.6. The lowest BCUT2D eigenvalue weighted by atomic mass is 9.96. The smallest absolute Gasteiger partial charge is 0.227 e. The number of piperidine rings is 1. The summed E-state index contributed by atoms with van der Waals surface area (Å²) in [6.07, 6.45) is 6.89. The van der Waals surface area contributed by atoms with E-state index in [0.29, 0.717) is 6.54 Å². The fourth-order valence-electron chi connectivity index (χ4n) is 4.69. The molecule has 1 fully saturated rings. The SMILES string of the molecule is CN(Cc1nccs1)C(=O)[C@@H]1CCCN(c2nc(-c3ccccc3)nc3c2CCC3)C1. The van der Waals surface area contributed by atoms with Crippen LogP contribution in [0.4, 0.5) is 5.82 Å². The molecule has 0 saturated carbocycles. The maximum absolute atomic E-state index is 13.2. The molecule has 1 aromatic carbocycles. The zero-order valence-electron chi connectivity index (χ0n) is 17.8. The van der Waals surface area contributed by atoms with Crippen molar-refractivity contribution in [2.45, 2.75) is 38.6 Å². The topological polar surface area (TPSA) is 62.2 Å². The summed E-state index contributed by atoms with van der Waals surface area (Å²) in [5.74, 6) is 2.03. The molecule has 0 bridgehead atoms. The van der Waals surface area contributed by atoms with Crippen LogP contribution in [0.3, 0.4) is 0 Å². The van der Waals surface area contributed by atoms with E-state index < -0.39 is 0 Å². The average molecular weight is 434 g/mol.